The lowest BCUT2D eigenvalue weighted by Gasteiger charge is -2.21. The lowest BCUT2D eigenvalue weighted by atomic mass is 10.1. The average Bonchev–Trinajstić information content (AvgIpc) is 2.94. The first-order valence-electron chi connectivity index (χ1n) is 12.2. The molecule has 0 aromatic heterocycles. The quantitative estimate of drug-likeness (QED) is 0.153. The van der Waals surface area contributed by atoms with Gasteiger partial charge in [0, 0.05) is 6.61 Å². The van der Waals surface area contributed by atoms with Crippen LogP contribution in [-0.4, -0.2) is 82.0 Å². The zero-order valence-corrected chi connectivity index (χ0v) is 19.3. The van der Waals surface area contributed by atoms with Gasteiger partial charge in [0.25, 0.3) is 0 Å². The highest BCUT2D eigenvalue weighted by atomic mass is 16.5. The predicted molar refractivity (Wildman–Crippen MR) is 121 cm³/mol. The maximum atomic E-state index is 9.89. The highest BCUT2D eigenvalue weighted by Gasteiger charge is 2.49. The second kappa shape index (κ2) is 18.0. The third-order valence-corrected chi connectivity index (χ3v) is 5.81. The van der Waals surface area contributed by atoms with E-state index in [4.69, 9.17) is 9.47 Å². The summed E-state index contributed by atoms with van der Waals surface area (Å²) in [7, 11) is 0. The van der Waals surface area contributed by atoms with E-state index in [-0.39, 0.29) is 13.2 Å². The molecular weight excluding hydrogens is 400 g/mol. The van der Waals surface area contributed by atoms with E-state index in [0.717, 1.165) is 12.8 Å². The molecule has 7 heteroatoms. The summed E-state index contributed by atoms with van der Waals surface area (Å²) in [6, 6.07) is 0. The molecule has 0 spiro atoms. The average molecular weight is 447 g/mol. The fourth-order valence-electron chi connectivity index (χ4n) is 3.77. The number of aliphatic hydroxyl groups excluding tert-OH is 5. The Morgan fingerprint density at radius 1 is 0.677 bits per heavy atom. The Labute approximate surface area is 188 Å². The summed E-state index contributed by atoms with van der Waals surface area (Å²) in [6.07, 6.45) is 11.7. The molecule has 5 N–H and O–H groups in total. The molecule has 0 heterocycles. The van der Waals surface area contributed by atoms with Gasteiger partial charge in [-0.3, -0.25) is 0 Å². The van der Waals surface area contributed by atoms with Crippen LogP contribution in [-0.2, 0) is 9.47 Å². The summed E-state index contributed by atoms with van der Waals surface area (Å²) in [5, 5.41) is 48.3. The van der Waals surface area contributed by atoms with Crippen LogP contribution in [0.1, 0.15) is 84.0 Å². The number of allylic oxidation sites excluding steroid dienone is 2. The molecule has 0 bridgehead atoms. The van der Waals surface area contributed by atoms with Crippen LogP contribution >= 0.6 is 0 Å². The summed E-state index contributed by atoms with van der Waals surface area (Å²) >= 11 is 0. The Balaban J connectivity index is 1.86. The van der Waals surface area contributed by atoms with Crippen molar-refractivity contribution in [2.75, 3.05) is 19.8 Å². The Kier molecular flexibility index (Phi) is 16.5. The van der Waals surface area contributed by atoms with Crippen LogP contribution in [0.15, 0.2) is 12.2 Å². The van der Waals surface area contributed by atoms with E-state index >= 15 is 0 Å². The summed E-state index contributed by atoms with van der Waals surface area (Å²) in [5.74, 6) is 0. The largest absolute Gasteiger partial charge is 0.388 e. The van der Waals surface area contributed by atoms with Crippen LogP contribution in [0.25, 0.3) is 0 Å². The molecule has 31 heavy (non-hydrogen) atoms. The highest BCUT2D eigenvalue weighted by Crippen LogP contribution is 2.24. The molecule has 0 saturated heterocycles. The van der Waals surface area contributed by atoms with Gasteiger partial charge in [-0.2, -0.15) is 0 Å². The minimum atomic E-state index is -1.45. The molecule has 5 atom stereocenters. The van der Waals surface area contributed by atoms with Gasteiger partial charge in [-0.15, -0.1) is 0 Å². The lowest BCUT2D eigenvalue weighted by Crippen LogP contribution is -2.38. The first-order chi connectivity index (χ1) is 15.0. The SMILES string of the molecule is CCCC/C=C\CCCCCCCCCCOC[C@H](O)COC1[C@@H](O)[C@H](O)[C@@H](O)[C@@H]1O. The first kappa shape index (κ1) is 28.5. The van der Waals surface area contributed by atoms with Crippen LogP contribution in [0.4, 0.5) is 0 Å². The molecule has 0 amide bonds. The second-order valence-electron chi connectivity index (χ2n) is 8.72. The molecule has 184 valence electrons. The van der Waals surface area contributed by atoms with Gasteiger partial charge in [0.2, 0.25) is 0 Å². The van der Waals surface area contributed by atoms with Crippen molar-refractivity contribution in [3.05, 3.63) is 12.2 Å². The van der Waals surface area contributed by atoms with E-state index in [1.807, 2.05) is 0 Å². The zero-order chi connectivity index (χ0) is 22.9. The fourth-order valence-corrected chi connectivity index (χ4v) is 3.77. The molecule has 1 aliphatic carbocycles. The third kappa shape index (κ3) is 12.3. The number of ether oxygens (including phenoxy) is 2. The molecule has 1 rings (SSSR count). The first-order valence-corrected chi connectivity index (χ1v) is 12.2. The molecule has 0 radical (unpaired) electrons. The van der Waals surface area contributed by atoms with Crippen LogP contribution in [0, 0.1) is 0 Å². The van der Waals surface area contributed by atoms with Crippen molar-refractivity contribution >= 4 is 0 Å². The van der Waals surface area contributed by atoms with E-state index in [0.29, 0.717) is 6.61 Å². The van der Waals surface area contributed by atoms with Crippen molar-refractivity contribution in [2.45, 2.75) is 121 Å². The van der Waals surface area contributed by atoms with Crippen molar-refractivity contribution in [3.8, 4) is 0 Å². The van der Waals surface area contributed by atoms with E-state index < -0.39 is 36.6 Å². The minimum Gasteiger partial charge on any atom is -0.388 e. The molecule has 0 aromatic rings. The maximum absolute atomic E-state index is 9.89. The maximum Gasteiger partial charge on any atom is 0.115 e. The normalized spacial score (nSPS) is 25.6. The molecular formula is C24H46O7. The molecule has 7 nitrogen and oxygen atoms in total. The van der Waals surface area contributed by atoms with Crippen molar-refractivity contribution in [3.63, 3.8) is 0 Å². The Morgan fingerprint density at radius 3 is 1.77 bits per heavy atom. The van der Waals surface area contributed by atoms with Gasteiger partial charge in [-0.05, 0) is 25.7 Å². The molecule has 1 fully saturated rings. The van der Waals surface area contributed by atoms with E-state index in [9.17, 15) is 25.5 Å². The van der Waals surface area contributed by atoms with Crippen molar-refractivity contribution in [1.29, 1.82) is 0 Å². The minimum absolute atomic E-state index is 0.108. The number of rotatable bonds is 19. The van der Waals surface area contributed by atoms with E-state index in [1.54, 1.807) is 0 Å². The summed E-state index contributed by atoms with van der Waals surface area (Å²) in [6.45, 7) is 2.76. The smallest absolute Gasteiger partial charge is 0.115 e. The van der Waals surface area contributed by atoms with E-state index in [1.165, 1.54) is 64.2 Å². The van der Waals surface area contributed by atoms with Crippen LogP contribution in [0.5, 0.6) is 0 Å². The van der Waals surface area contributed by atoms with Gasteiger partial charge in [0.1, 0.15) is 36.6 Å². The van der Waals surface area contributed by atoms with Crippen molar-refractivity contribution in [2.24, 2.45) is 0 Å². The predicted octanol–water partition coefficient (Wildman–Crippen LogP) is 2.46. The van der Waals surface area contributed by atoms with Gasteiger partial charge >= 0.3 is 0 Å². The third-order valence-electron chi connectivity index (χ3n) is 5.81. The van der Waals surface area contributed by atoms with Gasteiger partial charge in [0.15, 0.2) is 0 Å². The number of aliphatic hydroxyl groups is 5. The molecule has 0 unspecified atom stereocenters. The molecule has 1 aliphatic rings. The highest BCUT2D eigenvalue weighted by molar-refractivity contribution is 4.99. The summed E-state index contributed by atoms with van der Waals surface area (Å²) in [5.41, 5.74) is 0. The fraction of sp³-hybridized carbons (Fsp3) is 0.917. The van der Waals surface area contributed by atoms with Crippen LogP contribution in [0.2, 0.25) is 0 Å². The topological polar surface area (TPSA) is 120 Å². The summed E-state index contributed by atoms with van der Waals surface area (Å²) < 4.78 is 10.7. The van der Waals surface area contributed by atoms with Gasteiger partial charge in [0.05, 0.1) is 13.2 Å². The molecule has 0 aromatic carbocycles. The van der Waals surface area contributed by atoms with Gasteiger partial charge < -0.3 is 35.0 Å². The Hall–Kier alpha value is -0.540. The van der Waals surface area contributed by atoms with Crippen LogP contribution in [0.3, 0.4) is 0 Å². The monoisotopic (exact) mass is 446 g/mol. The Bertz CT molecular complexity index is 432. The Morgan fingerprint density at radius 2 is 1.19 bits per heavy atom. The van der Waals surface area contributed by atoms with E-state index in [2.05, 4.69) is 19.1 Å². The number of hydrogen-bond acceptors (Lipinski definition) is 7. The zero-order valence-electron chi connectivity index (χ0n) is 19.3. The number of unbranched alkanes of at least 4 members (excludes halogenated alkanes) is 10. The second-order valence-corrected chi connectivity index (χ2v) is 8.72. The molecule has 1 saturated carbocycles. The van der Waals surface area contributed by atoms with Gasteiger partial charge in [-0.25, -0.2) is 0 Å². The van der Waals surface area contributed by atoms with Gasteiger partial charge in [-0.1, -0.05) is 70.4 Å². The van der Waals surface area contributed by atoms with Crippen molar-refractivity contribution < 1.29 is 35.0 Å². The van der Waals surface area contributed by atoms with Crippen LogP contribution < -0.4 is 0 Å². The molecule has 0 aliphatic heterocycles. The lowest BCUT2D eigenvalue weighted by molar-refractivity contribution is -0.113. The van der Waals surface area contributed by atoms with Crippen molar-refractivity contribution in [1.82, 2.24) is 0 Å². The summed E-state index contributed by atoms with van der Waals surface area (Å²) in [4.78, 5) is 0. The standard InChI is InChI=1S/C24H46O7/c1-2-3-4-5-6-7-8-9-10-11-12-13-14-15-16-30-17-19(25)18-31-24-22(28)20(26)21(27)23(24)29/h5-6,19-29H,2-4,7-18H2,1H3/b6-5-/t19-,20+,21+,22-,23-/m0/s1. The number of hydrogen-bond donors (Lipinski definition) is 5.